The van der Waals surface area contributed by atoms with E-state index in [0.29, 0.717) is 6.61 Å². The van der Waals surface area contributed by atoms with E-state index in [9.17, 15) is 5.11 Å². The molecule has 0 aromatic heterocycles. The van der Waals surface area contributed by atoms with Crippen molar-refractivity contribution in [1.82, 2.24) is 5.32 Å². The van der Waals surface area contributed by atoms with Gasteiger partial charge < -0.3 is 15.2 Å². The van der Waals surface area contributed by atoms with E-state index >= 15 is 0 Å². The summed E-state index contributed by atoms with van der Waals surface area (Å²) in [5, 5.41) is 15.8. The number of aliphatic hydroxyl groups excluding tert-OH is 1. The van der Waals surface area contributed by atoms with Gasteiger partial charge in [0, 0.05) is 36.0 Å². The summed E-state index contributed by atoms with van der Waals surface area (Å²) < 4.78 is 7.43. The second-order valence-corrected chi connectivity index (χ2v) is 8.12. The van der Waals surface area contributed by atoms with Crippen LogP contribution in [0.4, 0.5) is 0 Å². The summed E-state index contributed by atoms with van der Waals surface area (Å²) in [6.07, 6.45) is 0.0311. The van der Waals surface area contributed by atoms with Crippen LogP contribution in [-0.2, 0) is 11.3 Å². The predicted octanol–water partition coefficient (Wildman–Crippen LogP) is 4.48. The SMILES string of the molecule is OCC1CNCC(OCc2ccc3ccccc3c2)C1c1ccc(Br)cc1. The first-order chi connectivity index (χ1) is 13.2. The Bertz CT molecular complexity index is 896. The molecule has 0 saturated carbocycles. The third-order valence-electron chi connectivity index (χ3n) is 5.43. The monoisotopic (exact) mass is 425 g/mol. The Morgan fingerprint density at radius 3 is 2.52 bits per heavy atom. The molecule has 27 heavy (non-hydrogen) atoms. The van der Waals surface area contributed by atoms with Crippen LogP contribution >= 0.6 is 15.9 Å². The first-order valence-corrected chi connectivity index (χ1v) is 10.2. The van der Waals surface area contributed by atoms with Gasteiger partial charge in [0.1, 0.15) is 0 Å². The summed E-state index contributed by atoms with van der Waals surface area (Å²) in [7, 11) is 0. The zero-order valence-electron chi connectivity index (χ0n) is 15.1. The number of fused-ring (bicyclic) bond motifs is 1. The molecule has 3 unspecified atom stereocenters. The number of benzene rings is 3. The Hall–Kier alpha value is -1.72. The lowest BCUT2D eigenvalue weighted by molar-refractivity contribution is -0.0151. The summed E-state index contributed by atoms with van der Waals surface area (Å²) in [4.78, 5) is 0. The molecule has 1 heterocycles. The average molecular weight is 426 g/mol. The van der Waals surface area contributed by atoms with Gasteiger partial charge in [-0.25, -0.2) is 0 Å². The summed E-state index contributed by atoms with van der Waals surface area (Å²) in [5.41, 5.74) is 2.40. The van der Waals surface area contributed by atoms with Crippen LogP contribution in [0.3, 0.4) is 0 Å². The van der Waals surface area contributed by atoms with E-state index in [-0.39, 0.29) is 24.5 Å². The van der Waals surface area contributed by atoms with Crippen LogP contribution in [0.2, 0.25) is 0 Å². The van der Waals surface area contributed by atoms with E-state index < -0.39 is 0 Å². The topological polar surface area (TPSA) is 41.5 Å². The Morgan fingerprint density at radius 2 is 1.74 bits per heavy atom. The molecule has 0 amide bonds. The fourth-order valence-electron chi connectivity index (χ4n) is 4.01. The predicted molar refractivity (Wildman–Crippen MR) is 113 cm³/mol. The van der Waals surface area contributed by atoms with E-state index in [2.05, 4.69) is 88.0 Å². The maximum atomic E-state index is 9.89. The van der Waals surface area contributed by atoms with Crippen LogP contribution in [-0.4, -0.2) is 30.9 Å². The van der Waals surface area contributed by atoms with Crippen molar-refractivity contribution >= 4 is 26.7 Å². The second kappa shape index (κ2) is 8.53. The lowest BCUT2D eigenvalue weighted by atomic mass is 9.79. The smallest absolute Gasteiger partial charge is 0.0776 e. The number of halogens is 1. The van der Waals surface area contributed by atoms with Gasteiger partial charge in [-0.1, -0.05) is 64.5 Å². The van der Waals surface area contributed by atoms with E-state index in [1.807, 2.05) is 0 Å². The van der Waals surface area contributed by atoms with Crippen molar-refractivity contribution in [3.8, 4) is 0 Å². The van der Waals surface area contributed by atoms with E-state index in [1.54, 1.807) is 0 Å². The van der Waals surface area contributed by atoms with E-state index in [0.717, 1.165) is 17.6 Å². The van der Waals surface area contributed by atoms with Gasteiger partial charge in [0.2, 0.25) is 0 Å². The van der Waals surface area contributed by atoms with Crippen LogP contribution < -0.4 is 5.32 Å². The summed E-state index contributed by atoms with van der Waals surface area (Å²) in [5.74, 6) is 0.339. The van der Waals surface area contributed by atoms with E-state index in [4.69, 9.17) is 4.74 Å². The number of piperidine rings is 1. The molecular formula is C23H24BrNO2. The molecule has 0 bridgehead atoms. The maximum Gasteiger partial charge on any atom is 0.0776 e. The number of ether oxygens (including phenoxy) is 1. The molecule has 3 aromatic carbocycles. The minimum Gasteiger partial charge on any atom is -0.396 e. The quantitative estimate of drug-likeness (QED) is 0.632. The molecule has 4 rings (SSSR count). The molecule has 140 valence electrons. The molecule has 0 spiro atoms. The molecule has 3 aromatic rings. The van der Waals surface area contributed by atoms with Crippen molar-refractivity contribution in [3.05, 3.63) is 82.3 Å². The highest BCUT2D eigenvalue weighted by Gasteiger charge is 2.34. The van der Waals surface area contributed by atoms with Crippen molar-refractivity contribution in [1.29, 1.82) is 0 Å². The number of hydrogen-bond donors (Lipinski definition) is 2. The van der Waals surface area contributed by atoms with Gasteiger partial charge in [-0.2, -0.15) is 0 Å². The number of hydrogen-bond acceptors (Lipinski definition) is 3. The van der Waals surface area contributed by atoms with Crippen LogP contribution in [0.1, 0.15) is 17.0 Å². The van der Waals surface area contributed by atoms with Crippen LogP contribution in [0.15, 0.2) is 71.2 Å². The highest BCUT2D eigenvalue weighted by molar-refractivity contribution is 9.10. The van der Waals surface area contributed by atoms with Crippen LogP contribution in [0.5, 0.6) is 0 Å². The summed E-state index contributed by atoms with van der Waals surface area (Å²) >= 11 is 3.50. The van der Waals surface area contributed by atoms with Gasteiger partial charge >= 0.3 is 0 Å². The fraction of sp³-hybridized carbons (Fsp3) is 0.304. The molecule has 1 saturated heterocycles. The van der Waals surface area contributed by atoms with Gasteiger partial charge in [0.05, 0.1) is 12.7 Å². The lowest BCUT2D eigenvalue weighted by Gasteiger charge is -2.38. The minimum absolute atomic E-state index is 0.0311. The Morgan fingerprint density at radius 1 is 0.963 bits per heavy atom. The highest BCUT2D eigenvalue weighted by atomic mass is 79.9. The molecular weight excluding hydrogens is 402 g/mol. The summed E-state index contributed by atoms with van der Waals surface area (Å²) in [6, 6.07) is 23.3. The number of nitrogens with one attached hydrogen (secondary N) is 1. The molecule has 1 fully saturated rings. The molecule has 3 nitrogen and oxygen atoms in total. The van der Waals surface area contributed by atoms with Crippen LogP contribution in [0, 0.1) is 5.92 Å². The third-order valence-corrected chi connectivity index (χ3v) is 5.96. The van der Waals surface area contributed by atoms with Crippen molar-refractivity contribution in [2.24, 2.45) is 5.92 Å². The van der Waals surface area contributed by atoms with Crippen molar-refractivity contribution in [2.45, 2.75) is 18.6 Å². The molecule has 2 N–H and O–H groups in total. The molecule has 1 aliphatic heterocycles. The summed E-state index contributed by atoms with van der Waals surface area (Å²) in [6.45, 7) is 2.34. The standard InChI is InChI=1S/C23H24BrNO2/c24-21-9-7-18(8-10-21)23-20(14-26)12-25-13-22(23)27-15-16-5-6-17-3-1-2-4-19(17)11-16/h1-11,20,22-23,25-26H,12-15H2. The second-order valence-electron chi connectivity index (χ2n) is 7.21. The minimum atomic E-state index is 0.0311. The Balaban J connectivity index is 1.53. The third kappa shape index (κ3) is 4.25. The van der Waals surface area contributed by atoms with Crippen molar-refractivity contribution in [3.63, 3.8) is 0 Å². The maximum absolute atomic E-state index is 9.89. The average Bonchev–Trinajstić information content (AvgIpc) is 2.72. The largest absolute Gasteiger partial charge is 0.396 e. The van der Waals surface area contributed by atoms with Gasteiger partial charge in [0.25, 0.3) is 0 Å². The zero-order chi connectivity index (χ0) is 18.6. The van der Waals surface area contributed by atoms with Gasteiger partial charge in [-0.3, -0.25) is 0 Å². The van der Waals surface area contributed by atoms with Crippen molar-refractivity contribution < 1.29 is 9.84 Å². The fourth-order valence-corrected chi connectivity index (χ4v) is 4.28. The first kappa shape index (κ1) is 18.6. The Kier molecular flexibility index (Phi) is 5.89. The van der Waals surface area contributed by atoms with Gasteiger partial charge in [0.15, 0.2) is 0 Å². The first-order valence-electron chi connectivity index (χ1n) is 9.41. The van der Waals surface area contributed by atoms with Crippen LogP contribution in [0.25, 0.3) is 10.8 Å². The van der Waals surface area contributed by atoms with Gasteiger partial charge in [-0.05, 0) is 40.1 Å². The molecule has 1 aliphatic rings. The molecule has 3 atom stereocenters. The lowest BCUT2D eigenvalue weighted by Crippen LogP contribution is -2.47. The Labute approximate surface area is 168 Å². The highest BCUT2D eigenvalue weighted by Crippen LogP contribution is 2.33. The molecule has 0 radical (unpaired) electrons. The van der Waals surface area contributed by atoms with E-state index in [1.165, 1.54) is 21.9 Å². The molecule has 4 heteroatoms. The van der Waals surface area contributed by atoms with Crippen molar-refractivity contribution in [2.75, 3.05) is 19.7 Å². The molecule has 0 aliphatic carbocycles. The zero-order valence-corrected chi connectivity index (χ0v) is 16.7. The van der Waals surface area contributed by atoms with Gasteiger partial charge in [-0.15, -0.1) is 0 Å². The number of aliphatic hydroxyl groups is 1. The number of rotatable bonds is 5. The normalized spacial score (nSPS) is 22.8.